The van der Waals surface area contributed by atoms with E-state index in [1.807, 2.05) is 40.7 Å². The zero-order valence-electron chi connectivity index (χ0n) is 15.6. The van der Waals surface area contributed by atoms with Crippen LogP contribution in [-0.4, -0.2) is 76.7 Å². The lowest BCUT2D eigenvalue weighted by Crippen LogP contribution is -2.35. The third-order valence-corrected chi connectivity index (χ3v) is 4.66. The molecule has 1 N–H and O–H groups in total. The zero-order chi connectivity index (χ0) is 18.7. The van der Waals surface area contributed by atoms with Gasteiger partial charge in [0.2, 0.25) is 11.8 Å². The number of hydrogen-bond acceptors (Lipinski definition) is 5. The fourth-order valence-electron chi connectivity index (χ4n) is 3.41. The molecule has 0 radical (unpaired) electrons. The first-order valence-corrected chi connectivity index (χ1v) is 8.94. The Morgan fingerprint density at radius 3 is 2.88 bits per heavy atom. The Labute approximate surface area is 153 Å². The quantitative estimate of drug-likeness (QED) is 0.810. The minimum absolute atomic E-state index is 0.00691. The van der Waals surface area contributed by atoms with Crippen LogP contribution in [0, 0.1) is 0 Å². The van der Waals surface area contributed by atoms with Crippen molar-refractivity contribution in [1.82, 2.24) is 29.9 Å². The average molecular weight is 358 g/mol. The van der Waals surface area contributed by atoms with Gasteiger partial charge < -0.3 is 15.1 Å². The largest absolute Gasteiger partial charge is 0.353 e. The molecule has 0 aliphatic carbocycles. The van der Waals surface area contributed by atoms with Gasteiger partial charge in [-0.2, -0.15) is 5.10 Å². The van der Waals surface area contributed by atoms with E-state index in [0.717, 1.165) is 29.7 Å². The monoisotopic (exact) mass is 358 g/mol. The third kappa shape index (κ3) is 4.01. The normalized spacial score (nSPS) is 17.2. The minimum atomic E-state index is -0.00691. The lowest BCUT2D eigenvalue weighted by atomic mass is 10.0. The smallest absolute Gasteiger partial charge is 0.234 e. The van der Waals surface area contributed by atoms with Gasteiger partial charge in [-0.15, -0.1) is 0 Å². The highest BCUT2D eigenvalue weighted by Gasteiger charge is 2.29. The molecule has 0 saturated carbocycles. The first kappa shape index (κ1) is 18.3. The van der Waals surface area contributed by atoms with Gasteiger partial charge >= 0.3 is 0 Å². The van der Waals surface area contributed by atoms with E-state index in [9.17, 15) is 9.59 Å². The van der Waals surface area contributed by atoms with Crippen LogP contribution >= 0.6 is 0 Å². The predicted molar refractivity (Wildman–Crippen MR) is 98.7 cm³/mol. The van der Waals surface area contributed by atoms with Crippen molar-refractivity contribution in [2.24, 2.45) is 0 Å². The van der Waals surface area contributed by atoms with Gasteiger partial charge in [-0.05, 0) is 32.6 Å². The Balaban J connectivity index is 1.73. The van der Waals surface area contributed by atoms with Crippen molar-refractivity contribution >= 4 is 22.8 Å². The highest BCUT2D eigenvalue weighted by Crippen LogP contribution is 2.31. The number of pyridine rings is 1. The van der Waals surface area contributed by atoms with Gasteiger partial charge in [0.1, 0.15) is 0 Å². The molecule has 8 nitrogen and oxygen atoms in total. The maximum atomic E-state index is 11.8. The first-order chi connectivity index (χ1) is 12.5. The van der Waals surface area contributed by atoms with Crippen LogP contribution in [0.15, 0.2) is 18.3 Å². The third-order valence-electron chi connectivity index (χ3n) is 4.66. The molecule has 140 valence electrons. The van der Waals surface area contributed by atoms with Crippen LogP contribution in [0.1, 0.15) is 25.0 Å². The van der Waals surface area contributed by atoms with Gasteiger partial charge in [-0.3, -0.25) is 9.59 Å². The average Bonchev–Trinajstić information content (AvgIpc) is 3.19. The van der Waals surface area contributed by atoms with Crippen LogP contribution in [0.25, 0.3) is 11.0 Å². The van der Waals surface area contributed by atoms with E-state index in [-0.39, 0.29) is 17.7 Å². The molecule has 8 heteroatoms. The second-order valence-corrected chi connectivity index (χ2v) is 7.02. The lowest BCUT2D eigenvalue weighted by Gasteiger charge is -2.13. The number of carbonyl (C=O) groups excluding carboxylic acids is 2. The molecular weight excluding hydrogens is 332 g/mol. The summed E-state index contributed by atoms with van der Waals surface area (Å²) < 4.78 is 1.86. The molecule has 1 atom stereocenters. The second kappa shape index (κ2) is 7.82. The van der Waals surface area contributed by atoms with Crippen molar-refractivity contribution in [2.45, 2.75) is 25.8 Å². The van der Waals surface area contributed by atoms with Crippen molar-refractivity contribution < 1.29 is 9.59 Å². The van der Waals surface area contributed by atoms with E-state index in [0.29, 0.717) is 26.2 Å². The van der Waals surface area contributed by atoms with Crippen LogP contribution in [0.5, 0.6) is 0 Å². The molecule has 0 unspecified atom stereocenters. The molecule has 3 heterocycles. The number of likely N-dealkylation sites (N-methyl/N-ethyl adjacent to an activating group) is 1. The summed E-state index contributed by atoms with van der Waals surface area (Å²) in [4.78, 5) is 31.6. The summed E-state index contributed by atoms with van der Waals surface area (Å²) in [7, 11) is 3.73. The van der Waals surface area contributed by atoms with E-state index in [1.54, 1.807) is 13.1 Å². The molecule has 0 spiro atoms. The van der Waals surface area contributed by atoms with Crippen LogP contribution in [0.4, 0.5) is 0 Å². The highest BCUT2D eigenvalue weighted by atomic mass is 16.2. The fraction of sp³-hybridized carbons (Fsp3) is 0.556. The van der Waals surface area contributed by atoms with Crippen LogP contribution in [0.3, 0.4) is 0 Å². The van der Waals surface area contributed by atoms with Gasteiger partial charge in [0.05, 0.1) is 18.8 Å². The van der Waals surface area contributed by atoms with Gasteiger partial charge in [0.25, 0.3) is 0 Å². The molecule has 2 aromatic rings. The Kier molecular flexibility index (Phi) is 5.51. The maximum absolute atomic E-state index is 11.8. The SMILES string of the molecule is CC(=O)N1CC[C@@H](c2nn(CCNC(=O)CN(C)C)c3ncccc23)C1. The maximum Gasteiger partial charge on any atom is 0.234 e. The van der Waals surface area contributed by atoms with Crippen molar-refractivity contribution in [1.29, 1.82) is 0 Å². The second-order valence-electron chi connectivity index (χ2n) is 7.02. The van der Waals surface area contributed by atoms with Crippen LogP contribution in [0.2, 0.25) is 0 Å². The summed E-state index contributed by atoms with van der Waals surface area (Å²) in [6, 6.07) is 3.94. The number of aromatic nitrogens is 3. The van der Waals surface area contributed by atoms with Gasteiger partial charge in [0.15, 0.2) is 5.65 Å². The van der Waals surface area contributed by atoms with Crippen molar-refractivity contribution in [2.75, 3.05) is 40.3 Å². The molecule has 0 bridgehead atoms. The van der Waals surface area contributed by atoms with Crippen LogP contribution in [-0.2, 0) is 16.1 Å². The predicted octanol–water partition coefficient (Wildman–Crippen LogP) is 0.445. The number of hydrogen-bond donors (Lipinski definition) is 1. The van der Waals surface area contributed by atoms with Crippen molar-refractivity contribution in [3.63, 3.8) is 0 Å². The Morgan fingerprint density at radius 1 is 1.38 bits per heavy atom. The summed E-state index contributed by atoms with van der Waals surface area (Å²) in [5.41, 5.74) is 1.82. The molecule has 1 saturated heterocycles. The fourth-order valence-corrected chi connectivity index (χ4v) is 3.41. The van der Waals surface area contributed by atoms with Gasteiger partial charge in [-0.25, -0.2) is 9.67 Å². The van der Waals surface area contributed by atoms with Crippen molar-refractivity contribution in [3.05, 3.63) is 24.0 Å². The van der Waals surface area contributed by atoms with Gasteiger partial charge in [-0.1, -0.05) is 0 Å². The summed E-state index contributed by atoms with van der Waals surface area (Å²) in [6.45, 7) is 4.52. The molecular formula is C18H26N6O2. The number of likely N-dealkylation sites (tertiary alicyclic amines) is 1. The van der Waals surface area contributed by atoms with E-state index >= 15 is 0 Å². The number of amides is 2. The summed E-state index contributed by atoms with van der Waals surface area (Å²) in [5.74, 6) is 0.334. The van der Waals surface area contributed by atoms with E-state index in [4.69, 9.17) is 5.10 Å². The van der Waals surface area contributed by atoms with Crippen molar-refractivity contribution in [3.8, 4) is 0 Å². The number of nitrogens with zero attached hydrogens (tertiary/aromatic N) is 5. The van der Waals surface area contributed by atoms with E-state index < -0.39 is 0 Å². The van der Waals surface area contributed by atoms with Gasteiger partial charge in [0, 0.05) is 44.1 Å². The summed E-state index contributed by atoms with van der Waals surface area (Å²) in [5, 5.41) is 8.71. The minimum Gasteiger partial charge on any atom is -0.353 e. The lowest BCUT2D eigenvalue weighted by molar-refractivity contribution is -0.127. The number of rotatable bonds is 6. The summed E-state index contributed by atoms with van der Waals surface area (Å²) >= 11 is 0. The standard InChI is InChI=1S/C18H26N6O2/c1-13(25)23-9-6-14(11-23)17-15-5-4-7-20-18(15)24(21-17)10-8-19-16(26)12-22(2)3/h4-5,7,14H,6,8-12H2,1-3H3,(H,19,26)/t14-/m1/s1. The Hall–Kier alpha value is -2.48. The molecule has 1 aliphatic heterocycles. The first-order valence-electron chi connectivity index (χ1n) is 8.94. The van der Waals surface area contributed by atoms with E-state index in [1.165, 1.54) is 0 Å². The molecule has 0 aromatic carbocycles. The molecule has 26 heavy (non-hydrogen) atoms. The van der Waals surface area contributed by atoms with Crippen LogP contribution < -0.4 is 5.32 Å². The molecule has 2 amide bonds. The van der Waals surface area contributed by atoms with E-state index in [2.05, 4.69) is 10.3 Å². The molecule has 1 aliphatic rings. The zero-order valence-corrected chi connectivity index (χ0v) is 15.6. The molecule has 1 fully saturated rings. The molecule has 3 rings (SSSR count). The number of nitrogens with one attached hydrogen (secondary N) is 1. The summed E-state index contributed by atoms with van der Waals surface area (Å²) in [6.07, 6.45) is 2.67. The highest BCUT2D eigenvalue weighted by molar-refractivity contribution is 5.80. The topological polar surface area (TPSA) is 83.4 Å². The number of fused-ring (bicyclic) bond motifs is 1. The Morgan fingerprint density at radius 2 is 2.19 bits per heavy atom. The number of carbonyl (C=O) groups is 2. The molecule has 2 aromatic heterocycles. The Bertz CT molecular complexity index is 800.